The Labute approximate surface area is 101 Å². The molecule has 4 nitrogen and oxygen atoms in total. The van der Waals surface area contributed by atoms with Crippen molar-refractivity contribution in [3.63, 3.8) is 0 Å². The predicted molar refractivity (Wildman–Crippen MR) is 67.1 cm³/mol. The molecule has 0 saturated heterocycles. The molecule has 0 spiro atoms. The van der Waals surface area contributed by atoms with Crippen LogP contribution in [0.25, 0.3) is 0 Å². The summed E-state index contributed by atoms with van der Waals surface area (Å²) in [7, 11) is 1.67. The van der Waals surface area contributed by atoms with Crippen LogP contribution >= 0.6 is 0 Å². The van der Waals surface area contributed by atoms with Crippen molar-refractivity contribution in [2.75, 3.05) is 13.7 Å². The molecule has 4 heteroatoms. The summed E-state index contributed by atoms with van der Waals surface area (Å²) in [5, 5.41) is 3.40. The van der Waals surface area contributed by atoms with E-state index in [-0.39, 0.29) is 6.04 Å². The lowest BCUT2D eigenvalue weighted by Crippen LogP contribution is -2.23. The number of nitrogens with zero attached hydrogens (tertiary/aromatic N) is 1. The second-order valence-electron chi connectivity index (χ2n) is 3.74. The largest absolute Gasteiger partial charge is 0.497 e. The number of rotatable bonds is 5. The molecule has 2 rings (SSSR count). The number of nitrogens with one attached hydrogen (secondary N) is 2. The topological polar surface area (TPSA) is 49.9 Å². The highest BCUT2D eigenvalue weighted by Gasteiger charge is 2.15. The Morgan fingerprint density at radius 3 is 3.00 bits per heavy atom. The van der Waals surface area contributed by atoms with Crippen molar-refractivity contribution in [1.29, 1.82) is 0 Å². The fourth-order valence-corrected chi connectivity index (χ4v) is 1.83. The summed E-state index contributed by atoms with van der Waals surface area (Å²) in [6, 6.07) is 8.09. The number of aromatic nitrogens is 2. The molecule has 17 heavy (non-hydrogen) atoms. The Hall–Kier alpha value is -1.81. The van der Waals surface area contributed by atoms with Gasteiger partial charge >= 0.3 is 0 Å². The highest BCUT2D eigenvalue weighted by atomic mass is 16.5. The van der Waals surface area contributed by atoms with Crippen molar-refractivity contribution < 1.29 is 4.74 Å². The van der Waals surface area contributed by atoms with Gasteiger partial charge in [0.25, 0.3) is 0 Å². The number of benzene rings is 1. The van der Waals surface area contributed by atoms with Gasteiger partial charge in [-0.25, -0.2) is 4.98 Å². The molecule has 1 aromatic carbocycles. The molecule has 2 aromatic rings. The highest BCUT2D eigenvalue weighted by Crippen LogP contribution is 2.22. The van der Waals surface area contributed by atoms with Gasteiger partial charge in [0.05, 0.1) is 13.2 Å². The second kappa shape index (κ2) is 5.50. The molecule has 0 amide bonds. The van der Waals surface area contributed by atoms with E-state index < -0.39 is 0 Å². The lowest BCUT2D eigenvalue weighted by molar-refractivity contribution is 0.413. The van der Waals surface area contributed by atoms with Crippen LogP contribution in [-0.4, -0.2) is 23.6 Å². The van der Waals surface area contributed by atoms with Crippen LogP contribution in [0.4, 0.5) is 0 Å². The second-order valence-corrected chi connectivity index (χ2v) is 3.74. The van der Waals surface area contributed by atoms with E-state index in [0.29, 0.717) is 0 Å². The Morgan fingerprint density at radius 1 is 1.47 bits per heavy atom. The maximum absolute atomic E-state index is 5.24. The smallest absolute Gasteiger partial charge is 0.127 e. The van der Waals surface area contributed by atoms with Crippen LogP contribution in [0.3, 0.4) is 0 Å². The number of H-pyrrole nitrogens is 1. The number of ether oxygens (including phenoxy) is 1. The molecule has 0 aliphatic heterocycles. The number of methoxy groups -OCH3 is 1. The lowest BCUT2D eigenvalue weighted by atomic mass is 10.1. The molecule has 0 radical (unpaired) electrons. The summed E-state index contributed by atoms with van der Waals surface area (Å²) < 4.78 is 5.24. The zero-order chi connectivity index (χ0) is 12.1. The van der Waals surface area contributed by atoms with E-state index in [1.54, 1.807) is 13.3 Å². The zero-order valence-electron chi connectivity index (χ0n) is 10.1. The number of hydrogen-bond donors (Lipinski definition) is 2. The van der Waals surface area contributed by atoms with E-state index >= 15 is 0 Å². The maximum Gasteiger partial charge on any atom is 0.127 e. The SMILES string of the molecule is CCNC(c1cccc(OC)c1)c1ncc[nH]1. The molecule has 0 fully saturated rings. The van der Waals surface area contributed by atoms with Crippen LogP contribution < -0.4 is 10.1 Å². The minimum absolute atomic E-state index is 0.0742. The number of aromatic amines is 1. The average molecular weight is 231 g/mol. The molecular formula is C13H17N3O. The highest BCUT2D eigenvalue weighted by molar-refractivity contribution is 5.33. The monoisotopic (exact) mass is 231 g/mol. The molecule has 0 aliphatic carbocycles. The van der Waals surface area contributed by atoms with Gasteiger partial charge < -0.3 is 15.0 Å². The van der Waals surface area contributed by atoms with Crippen LogP contribution in [0.5, 0.6) is 5.75 Å². The van der Waals surface area contributed by atoms with Gasteiger partial charge in [0.2, 0.25) is 0 Å². The minimum atomic E-state index is 0.0742. The van der Waals surface area contributed by atoms with Gasteiger partial charge in [0, 0.05) is 12.4 Å². The third-order valence-electron chi connectivity index (χ3n) is 2.63. The number of hydrogen-bond acceptors (Lipinski definition) is 3. The molecule has 2 N–H and O–H groups in total. The van der Waals surface area contributed by atoms with Crippen molar-refractivity contribution in [1.82, 2.24) is 15.3 Å². The Bertz CT molecular complexity index is 453. The maximum atomic E-state index is 5.24. The molecule has 1 atom stereocenters. The van der Waals surface area contributed by atoms with Gasteiger partial charge in [-0.2, -0.15) is 0 Å². The molecule has 1 aromatic heterocycles. The normalized spacial score (nSPS) is 12.4. The first kappa shape index (κ1) is 11.7. The van der Waals surface area contributed by atoms with Crippen molar-refractivity contribution >= 4 is 0 Å². The van der Waals surface area contributed by atoms with E-state index in [1.807, 2.05) is 24.4 Å². The van der Waals surface area contributed by atoms with Crippen molar-refractivity contribution in [3.05, 3.63) is 48.0 Å². The first-order chi connectivity index (χ1) is 8.35. The fraction of sp³-hybridized carbons (Fsp3) is 0.308. The van der Waals surface area contributed by atoms with E-state index in [0.717, 1.165) is 23.7 Å². The number of imidazole rings is 1. The van der Waals surface area contributed by atoms with Crippen molar-refractivity contribution in [2.24, 2.45) is 0 Å². The van der Waals surface area contributed by atoms with Crippen molar-refractivity contribution in [2.45, 2.75) is 13.0 Å². The first-order valence-electron chi connectivity index (χ1n) is 5.71. The summed E-state index contributed by atoms with van der Waals surface area (Å²) in [5.41, 5.74) is 1.14. The molecule has 1 heterocycles. The Balaban J connectivity index is 2.32. The van der Waals surface area contributed by atoms with Crippen LogP contribution in [-0.2, 0) is 0 Å². The van der Waals surface area contributed by atoms with Gasteiger partial charge in [0.1, 0.15) is 11.6 Å². The molecular weight excluding hydrogens is 214 g/mol. The quantitative estimate of drug-likeness (QED) is 0.828. The summed E-state index contributed by atoms with van der Waals surface area (Å²) in [5.74, 6) is 1.78. The van der Waals surface area contributed by atoms with Gasteiger partial charge in [-0.05, 0) is 24.2 Å². The zero-order valence-corrected chi connectivity index (χ0v) is 10.1. The molecule has 0 saturated carbocycles. The van der Waals surface area contributed by atoms with Crippen LogP contribution in [0, 0.1) is 0 Å². The molecule has 90 valence electrons. The fourth-order valence-electron chi connectivity index (χ4n) is 1.83. The van der Waals surface area contributed by atoms with Crippen LogP contribution in [0.15, 0.2) is 36.7 Å². The molecule has 1 unspecified atom stereocenters. The summed E-state index contributed by atoms with van der Waals surface area (Å²) >= 11 is 0. The Kier molecular flexibility index (Phi) is 3.77. The lowest BCUT2D eigenvalue weighted by Gasteiger charge is -2.16. The standard InChI is InChI=1S/C13H17N3O/c1-3-14-12(13-15-7-8-16-13)10-5-4-6-11(9-10)17-2/h4-9,12,14H,3H2,1-2H3,(H,15,16). The Morgan fingerprint density at radius 2 is 2.35 bits per heavy atom. The summed E-state index contributed by atoms with van der Waals surface area (Å²) in [6.07, 6.45) is 3.60. The van der Waals surface area contributed by atoms with Crippen molar-refractivity contribution in [3.8, 4) is 5.75 Å². The summed E-state index contributed by atoms with van der Waals surface area (Å²) in [6.45, 7) is 2.96. The average Bonchev–Trinajstić information content (AvgIpc) is 2.89. The van der Waals surface area contributed by atoms with E-state index in [4.69, 9.17) is 4.74 Å². The van der Waals surface area contributed by atoms with E-state index in [1.165, 1.54) is 0 Å². The molecule has 0 bridgehead atoms. The molecule has 0 aliphatic rings. The van der Waals surface area contributed by atoms with Crippen LogP contribution in [0.1, 0.15) is 24.4 Å². The van der Waals surface area contributed by atoms with Gasteiger partial charge in [0.15, 0.2) is 0 Å². The third-order valence-corrected chi connectivity index (χ3v) is 2.63. The first-order valence-corrected chi connectivity index (χ1v) is 5.71. The van der Waals surface area contributed by atoms with Gasteiger partial charge in [-0.15, -0.1) is 0 Å². The van der Waals surface area contributed by atoms with E-state index in [9.17, 15) is 0 Å². The van der Waals surface area contributed by atoms with E-state index in [2.05, 4.69) is 28.3 Å². The van der Waals surface area contributed by atoms with Crippen LogP contribution in [0.2, 0.25) is 0 Å². The minimum Gasteiger partial charge on any atom is -0.497 e. The van der Waals surface area contributed by atoms with Gasteiger partial charge in [-0.3, -0.25) is 0 Å². The third kappa shape index (κ3) is 2.65. The predicted octanol–water partition coefficient (Wildman–Crippen LogP) is 2.12. The summed E-state index contributed by atoms with van der Waals surface area (Å²) in [4.78, 5) is 7.45. The van der Waals surface area contributed by atoms with Gasteiger partial charge in [-0.1, -0.05) is 19.1 Å².